The first-order valence-corrected chi connectivity index (χ1v) is 5.32. The minimum Gasteiger partial charge on any atom is -0.387 e. The number of rotatable bonds is 2. The van der Waals surface area contributed by atoms with Gasteiger partial charge in [0.1, 0.15) is 5.82 Å². The molecule has 5 heteroatoms. The van der Waals surface area contributed by atoms with Gasteiger partial charge in [0, 0.05) is 15.9 Å². The Morgan fingerprint density at radius 2 is 2.00 bits per heavy atom. The highest BCUT2D eigenvalue weighted by molar-refractivity contribution is 9.09. The molecule has 0 radical (unpaired) electrons. The Hall–Kier alpha value is 0.170. The van der Waals surface area contributed by atoms with Crippen molar-refractivity contribution >= 4 is 39.1 Å². The van der Waals surface area contributed by atoms with Crippen LogP contribution in [0.15, 0.2) is 12.1 Å². The minimum absolute atomic E-state index is 0.0458. The van der Waals surface area contributed by atoms with Gasteiger partial charge in [-0.2, -0.15) is 0 Å². The summed E-state index contributed by atoms with van der Waals surface area (Å²) in [5.41, 5.74) is 0.334. The number of aliphatic hydroxyl groups excluding tert-OH is 1. The summed E-state index contributed by atoms with van der Waals surface area (Å²) >= 11 is 14.3. The fraction of sp³-hybridized carbons (Fsp3) is 0.250. The summed E-state index contributed by atoms with van der Waals surface area (Å²) in [6.07, 6.45) is -0.820. The van der Waals surface area contributed by atoms with Gasteiger partial charge in [0.05, 0.1) is 11.1 Å². The van der Waals surface area contributed by atoms with Crippen molar-refractivity contribution < 1.29 is 9.50 Å². The van der Waals surface area contributed by atoms with Crippen LogP contribution in [0.2, 0.25) is 10.0 Å². The summed E-state index contributed by atoms with van der Waals surface area (Å²) in [7, 11) is 0. The van der Waals surface area contributed by atoms with E-state index in [-0.39, 0.29) is 10.0 Å². The van der Waals surface area contributed by atoms with Gasteiger partial charge in [-0.3, -0.25) is 0 Å². The molecule has 1 nitrogen and oxygen atoms in total. The van der Waals surface area contributed by atoms with E-state index >= 15 is 0 Å². The van der Waals surface area contributed by atoms with Crippen molar-refractivity contribution in [1.82, 2.24) is 0 Å². The highest BCUT2D eigenvalue weighted by atomic mass is 79.9. The van der Waals surface area contributed by atoms with Crippen molar-refractivity contribution in [2.75, 3.05) is 5.33 Å². The maximum Gasteiger partial charge on any atom is 0.142 e. The predicted molar refractivity (Wildman–Crippen MR) is 55.2 cm³/mol. The molecule has 0 amide bonds. The smallest absolute Gasteiger partial charge is 0.142 e. The molecule has 1 aromatic rings. The zero-order chi connectivity index (χ0) is 10.0. The molecule has 0 aliphatic rings. The first-order valence-electron chi connectivity index (χ1n) is 3.44. The third-order valence-corrected chi connectivity index (χ3v) is 2.78. The molecule has 1 rings (SSSR count). The molecule has 1 atom stereocenters. The first-order chi connectivity index (χ1) is 6.06. The predicted octanol–water partition coefficient (Wildman–Crippen LogP) is 3.56. The molecule has 1 N–H and O–H groups in total. The zero-order valence-electron chi connectivity index (χ0n) is 6.40. The number of aliphatic hydroxyl groups is 1. The van der Waals surface area contributed by atoms with Crippen molar-refractivity contribution in [3.05, 3.63) is 33.6 Å². The maximum atomic E-state index is 12.9. The van der Waals surface area contributed by atoms with Crippen LogP contribution in [0.5, 0.6) is 0 Å². The number of benzene rings is 1. The summed E-state index contributed by atoms with van der Waals surface area (Å²) in [5, 5.41) is 9.90. The van der Waals surface area contributed by atoms with E-state index in [1.165, 1.54) is 6.07 Å². The van der Waals surface area contributed by atoms with Crippen LogP contribution in [0.3, 0.4) is 0 Å². The van der Waals surface area contributed by atoms with Crippen LogP contribution in [0.1, 0.15) is 11.7 Å². The first kappa shape index (κ1) is 11.2. The maximum absolute atomic E-state index is 12.9. The van der Waals surface area contributed by atoms with E-state index in [2.05, 4.69) is 15.9 Å². The Balaban J connectivity index is 3.15. The molecule has 0 unspecified atom stereocenters. The van der Waals surface area contributed by atoms with E-state index in [1.54, 1.807) is 0 Å². The number of halogens is 4. The molecular formula is C8H6BrCl2FO. The van der Waals surface area contributed by atoms with Gasteiger partial charge < -0.3 is 5.11 Å². The Morgan fingerprint density at radius 3 is 2.54 bits per heavy atom. The minimum atomic E-state index is -0.820. The van der Waals surface area contributed by atoms with Crippen molar-refractivity contribution in [2.45, 2.75) is 6.10 Å². The fourth-order valence-electron chi connectivity index (χ4n) is 0.876. The summed E-state index contributed by atoms with van der Waals surface area (Å²) in [5.74, 6) is -0.582. The van der Waals surface area contributed by atoms with Gasteiger partial charge in [-0.15, -0.1) is 0 Å². The van der Waals surface area contributed by atoms with E-state index in [1.807, 2.05) is 0 Å². The molecule has 0 fully saturated rings. The molecule has 0 saturated heterocycles. The molecule has 0 spiro atoms. The van der Waals surface area contributed by atoms with E-state index in [0.29, 0.717) is 10.9 Å². The van der Waals surface area contributed by atoms with Crippen molar-refractivity contribution in [1.29, 1.82) is 0 Å². The lowest BCUT2D eigenvalue weighted by atomic mass is 10.1. The Morgan fingerprint density at radius 1 is 1.38 bits per heavy atom. The SMILES string of the molecule is O[C@H](CBr)c1cc(F)c(Cl)cc1Cl. The van der Waals surface area contributed by atoms with Crippen LogP contribution in [-0.2, 0) is 0 Å². The molecule has 72 valence electrons. The van der Waals surface area contributed by atoms with Crippen LogP contribution in [0.25, 0.3) is 0 Å². The van der Waals surface area contributed by atoms with Crippen molar-refractivity contribution in [2.24, 2.45) is 0 Å². The lowest BCUT2D eigenvalue weighted by Crippen LogP contribution is -2.00. The molecule has 0 aliphatic carbocycles. The van der Waals surface area contributed by atoms with E-state index in [0.717, 1.165) is 6.07 Å². The van der Waals surface area contributed by atoms with Gasteiger partial charge in [0.2, 0.25) is 0 Å². The topological polar surface area (TPSA) is 20.2 Å². The van der Waals surface area contributed by atoms with Gasteiger partial charge in [-0.05, 0) is 12.1 Å². The zero-order valence-corrected chi connectivity index (χ0v) is 9.50. The quantitative estimate of drug-likeness (QED) is 0.651. The summed E-state index contributed by atoms with van der Waals surface area (Å²) in [6.45, 7) is 0. The average molecular weight is 288 g/mol. The molecule has 13 heavy (non-hydrogen) atoms. The second kappa shape index (κ2) is 4.60. The number of hydrogen-bond donors (Lipinski definition) is 1. The highest BCUT2D eigenvalue weighted by Crippen LogP contribution is 2.29. The molecular weight excluding hydrogens is 282 g/mol. The van der Waals surface area contributed by atoms with Crippen LogP contribution in [-0.4, -0.2) is 10.4 Å². The molecule has 0 aromatic heterocycles. The normalized spacial score (nSPS) is 13.0. The second-order valence-electron chi connectivity index (χ2n) is 2.46. The van der Waals surface area contributed by atoms with E-state index < -0.39 is 11.9 Å². The molecule has 0 saturated carbocycles. The van der Waals surface area contributed by atoms with Gasteiger partial charge in [0.25, 0.3) is 0 Å². The molecule has 0 heterocycles. The van der Waals surface area contributed by atoms with Crippen molar-refractivity contribution in [3.63, 3.8) is 0 Å². The third kappa shape index (κ3) is 2.56. The second-order valence-corrected chi connectivity index (χ2v) is 3.92. The van der Waals surface area contributed by atoms with Gasteiger partial charge in [0.15, 0.2) is 0 Å². The Kier molecular flexibility index (Phi) is 3.98. The largest absolute Gasteiger partial charge is 0.387 e. The van der Waals surface area contributed by atoms with Crippen LogP contribution in [0.4, 0.5) is 4.39 Å². The number of alkyl halides is 1. The summed E-state index contributed by atoms with van der Waals surface area (Å²) < 4.78 is 12.9. The molecule has 0 aliphatic heterocycles. The van der Waals surface area contributed by atoms with E-state index in [4.69, 9.17) is 23.2 Å². The lowest BCUT2D eigenvalue weighted by molar-refractivity contribution is 0.205. The molecule has 0 bridgehead atoms. The van der Waals surface area contributed by atoms with Crippen LogP contribution < -0.4 is 0 Å². The van der Waals surface area contributed by atoms with Crippen LogP contribution in [0, 0.1) is 5.82 Å². The average Bonchev–Trinajstić information content (AvgIpc) is 2.10. The summed E-state index contributed by atoms with van der Waals surface area (Å²) in [4.78, 5) is 0. The number of hydrogen-bond acceptors (Lipinski definition) is 1. The highest BCUT2D eigenvalue weighted by Gasteiger charge is 2.13. The van der Waals surface area contributed by atoms with E-state index in [9.17, 15) is 9.50 Å². The fourth-order valence-corrected chi connectivity index (χ4v) is 1.73. The monoisotopic (exact) mass is 286 g/mol. The third-order valence-electron chi connectivity index (χ3n) is 1.54. The van der Waals surface area contributed by atoms with Gasteiger partial charge in [-0.25, -0.2) is 4.39 Å². The lowest BCUT2D eigenvalue weighted by Gasteiger charge is -2.09. The van der Waals surface area contributed by atoms with Gasteiger partial charge >= 0.3 is 0 Å². The Bertz CT molecular complexity index is 319. The van der Waals surface area contributed by atoms with Gasteiger partial charge in [-0.1, -0.05) is 39.1 Å². The standard InChI is InChI=1S/C8H6BrCl2FO/c9-3-8(13)4-1-7(12)6(11)2-5(4)10/h1-2,8,13H,3H2/t8-/m1/s1. The van der Waals surface area contributed by atoms with Crippen molar-refractivity contribution in [3.8, 4) is 0 Å². The Labute approximate surface area is 93.6 Å². The summed E-state index contributed by atoms with van der Waals surface area (Å²) in [6, 6.07) is 2.41. The molecule has 1 aromatic carbocycles. The van der Waals surface area contributed by atoms with Crippen LogP contribution >= 0.6 is 39.1 Å².